The van der Waals surface area contributed by atoms with Crippen molar-refractivity contribution in [3.63, 3.8) is 0 Å². The number of unbranched alkanes of at least 4 members (excludes halogenated alkanes) is 14. The lowest BCUT2D eigenvalue weighted by Gasteiger charge is -2.42. The minimum absolute atomic E-state index is 0.127. The molecule has 0 bridgehead atoms. The van der Waals surface area contributed by atoms with Gasteiger partial charge in [-0.1, -0.05) is 120 Å². The molecule has 0 saturated carbocycles. The summed E-state index contributed by atoms with van der Waals surface area (Å²) in [5, 5.41) is 71.9. The van der Waals surface area contributed by atoms with Crippen LogP contribution in [0, 0.1) is 0 Å². The zero-order chi connectivity index (χ0) is 46.8. The van der Waals surface area contributed by atoms with Crippen molar-refractivity contribution in [1.29, 1.82) is 0 Å². The van der Waals surface area contributed by atoms with Gasteiger partial charge in [0.1, 0.15) is 55.4 Å². The molecule has 0 amide bonds. The summed E-state index contributed by atoms with van der Waals surface area (Å²) in [6.45, 7) is 2.41. The Balaban J connectivity index is 1.85. The van der Waals surface area contributed by atoms with E-state index < -0.39 is 99.3 Å². The van der Waals surface area contributed by atoms with Crippen LogP contribution >= 0.6 is 0 Å². The Morgan fingerprint density at radius 2 is 0.984 bits per heavy atom. The molecular weight excluding hydrogens is 829 g/mol. The number of ether oxygens (including phenoxy) is 6. The number of esters is 2. The lowest BCUT2D eigenvalue weighted by atomic mass is 9.98. The molecule has 7 N–H and O–H groups in total. The van der Waals surface area contributed by atoms with Gasteiger partial charge in [-0.25, -0.2) is 0 Å². The number of rotatable bonds is 36. The summed E-state index contributed by atoms with van der Waals surface area (Å²) in [6, 6.07) is 0. The van der Waals surface area contributed by atoms with Crippen LogP contribution in [0.1, 0.15) is 155 Å². The Morgan fingerprint density at radius 1 is 0.516 bits per heavy atom. The number of carbonyl (C=O) groups is 2. The lowest BCUT2D eigenvalue weighted by Crippen LogP contribution is -2.61. The highest BCUT2D eigenvalue weighted by molar-refractivity contribution is 5.70. The molecule has 11 unspecified atom stereocenters. The standard InChI is InChI=1S/C49H84O15/c1-3-5-7-9-11-13-15-17-18-20-21-23-25-27-29-31-40(51)59-34-37(62-41(52)32-30-28-26-24-22-19-16-14-12-10-8-6-4-2)35-60-48-47(58)45(56)43(54)39(64-48)36-61-49-46(57)44(55)42(53)38(33-50)63-49/h6,8,12,14,17-19,22,37-39,42-50,53-58H,3-5,7,9-11,13,15-16,20-21,23-36H2,1-2H3/b8-6-,14-12-,18-17-,22-19-. The number of aliphatic hydroxyl groups is 7. The second-order valence-electron chi connectivity index (χ2n) is 16.9. The Bertz CT molecular complexity index is 1300. The molecule has 0 radical (unpaired) electrons. The molecular formula is C49H84O15. The van der Waals surface area contributed by atoms with E-state index in [0.29, 0.717) is 12.8 Å². The molecule has 370 valence electrons. The molecule has 15 nitrogen and oxygen atoms in total. The van der Waals surface area contributed by atoms with Crippen LogP contribution in [0.2, 0.25) is 0 Å². The molecule has 0 aromatic carbocycles. The molecule has 15 heteroatoms. The SMILES string of the molecule is CC/C=C\C/C=C\C/C=C\CCCCCC(=O)OC(COC(=O)CCCCCCC/C=C\CCCCCCCC)COC1OC(COC2OC(CO)C(O)C(O)C2O)C(O)C(O)C1O. The van der Waals surface area contributed by atoms with Gasteiger partial charge in [-0.05, 0) is 70.6 Å². The van der Waals surface area contributed by atoms with Crippen molar-refractivity contribution < 1.29 is 73.8 Å². The van der Waals surface area contributed by atoms with Gasteiger partial charge in [-0.3, -0.25) is 9.59 Å². The van der Waals surface area contributed by atoms with Gasteiger partial charge in [-0.2, -0.15) is 0 Å². The van der Waals surface area contributed by atoms with Crippen LogP contribution in [0.5, 0.6) is 0 Å². The first-order valence-electron chi connectivity index (χ1n) is 24.2. The fourth-order valence-electron chi connectivity index (χ4n) is 7.28. The molecule has 0 spiro atoms. The van der Waals surface area contributed by atoms with Gasteiger partial charge < -0.3 is 64.2 Å². The molecule has 11 atom stereocenters. The van der Waals surface area contributed by atoms with E-state index in [-0.39, 0.29) is 19.4 Å². The first-order valence-corrected chi connectivity index (χ1v) is 24.2. The Morgan fingerprint density at radius 3 is 1.58 bits per heavy atom. The fourth-order valence-corrected chi connectivity index (χ4v) is 7.28. The predicted molar refractivity (Wildman–Crippen MR) is 243 cm³/mol. The monoisotopic (exact) mass is 913 g/mol. The normalized spacial score (nSPS) is 27.0. The first-order chi connectivity index (χ1) is 31.0. The zero-order valence-electron chi connectivity index (χ0n) is 38.8. The van der Waals surface area contributed by atoms with Crippen LogP contribution in [0.25, 0.3) is 0 Å². The molecule has 64 heavy (non-hydrogen) atoms. The third-order valence-corrected chi connectivity index (χ3v) is 11.3. The highest BCUT2D eigenvalue weighted by atomic mass is 16.7. The molecule has 0 aliphatic carbocycles. The van der Waals surface area contributed by atoms with E-state index in [4.69, 9.17) is 28.4 Å². The predicted octanol–water partition coefficient (Wildman–Crippen LogP) is 5.93. The van der Waals surface area contributed by atoms with Gasteiger partial charge in [0, 0.05) is 12.8 Å². The van der Waals surface area contributed by atoms with Crippen LogP contribution in [-0.4, -0.2) is 142 Å². The Hall–Kier alpha value is -2.54. The number of hydrogen-bond donors (Lipinski definition) is 7. The topological polar surface area (TPSA) is 231 Å². The van der Waals surface area contributed by atoms with E-state index in [1.165, 1.54) is 38.5 Å². The summed E-state index contributed by atoms with van der Waals surface area (Å²) >= 11 is 0. The average Bonchev–Trinajstić information content (AvgIpc) is 3.29. The third kappa shape index (κ3) is 24.8. The van der Waals surface area contributed by atoms with Crippen molar-refractivity contribution in [3.05, 3.63) is 48.6 Å². The Kier molecular flexibility index (Phi) is 32.9. The summed E-state index contributed by atoms with van der Waals surface area (Å²) < 4.78 is 33.5. The molecule has 2 rings (SSSR count). The van der Waals surface area contributed by atoms with Crippen molar-refractivity contribution in [2.75, 3.05) is 26.4 Å². The summed E-state index contributed by atoms with van der Waals surface area (Å²) in [7, 11) is 0. The average molecular weight is 913 g/mol. The summed E-state index contributed by atoms with van der Waals surface area (Å²) in [6.07, 6.45) is 21.5. The van der Waals surface area contributed by atoms with Crippen LogP contribution in [0.3, 0.4) is 0 Å². The van der Waals surface area contributed by atoms with Gasteiger partial charge >= 0.3 is 11.9 Å². The molecule has 2 saturated heterocycles. The lowest BCUT2D eigenvalue weighted by molar-refractivity contribution is -0.332. The van der Waals surface area contributed by atoms with Crippen LogP contribution in [0.4, 0.5) is 0 Å². The van der Waals surface area contributed by atoms with Gasteiger partial charge in [-0.15, -0.1) is 0 Å². The van der Waals surface area contributed by atoms with Gasteiger partial charge in [0.15, 0.2) is 18.7 Å². The van der Waals surface area contributed by atoms with Crippen molar-refractivity contribution >= 4 is 11.9 Å². The minimum Gasteiger partial charge on any atom is -0.462 e. The third-order valence-electron chi connectivity index (χ3n) is 11.3. The van der Waals surface area contributed by atoms with Crippen molar-refractivity contribution in [2.45, 2.75) is 223 Å². The van der Waals surface area contributed by atoms with Gasteiger partial charge in [0.2, 0.25) is 0 Å². The minimum atomic E-state index is -1.77. The maximum Gasteiger partial charge on any atom is 0.306 e. The number of allylic oxidation sites excluding steroid dienone is 8. The van der Waals surface area contributed by atoms with E-state index in [1.807, 2.05) is 0 Å². The summed E-state index contributed by atoms with van der Waals surface area (Å²) in [5.41, 5.74) is 0. The van der Waals surface area contributed by atoms with Crippen LogP contribution in [-0.2, 0) is 38.0 Å². The molecule has 2 heterocycles. The molecule has 0 aromatic heterocycles. The Labute approximate surface area is 382 Å². The molecule has 2 aliphatic rings. The maximum atomic E-state index is 12.9. The quantitative estimate of drug-likeness (QED) is 0.0220. The van der Waals surface area contributed by atoms with E-state index in [2.05, 4.69) is 62.5 Å². The largest absolute Gasteiger partial charge is 0.462 e. The number of hydrogen-bond acceptors (Lipinski definition) is 15. The number of aliphatic hydroxyl groups excluding tert-OH is 7. The smallest absolute Gasteiger partial charge is 0.306 e. The number of carbonyl (C=O) groups excluding carboxylic acids is 2. The summed E-state index contributed by atoms with van der Waals surface area (Å²) in [5.74, 6) is -0.973. The van der Waals surface area contributed by atoms with Crippen LogP contribution in [0.15, 0.2) is 48.6 Å². The van der Waals surface area contributed by atoms with Gasteiger partial charge in [0.25, 0.3) is 0 Å². The molecule has 2 aliphatic heterocycles. The maximum absolute atomic E-state index is 12.9. The highest BCUT2D eigenvalue weighted by Crippen LogP contribution is 2.26. The van der Waals surface area contributed by atoms with Crippen molar-refractivity contribution in [3.8, 4) is 0 Å². The van der Waals surface area contributed by atoms with Crippen LogP contribution < -0.4 is 0 Å². The molecule has 0 aromatic rings. The molecule has 2 fully saturated rings. The second kappa shape index (κ2) is 36.6. The van der Waals surface area contributed by atoms with Gasteiger partial charge in [0.05, 0.1) is 19.8 Å². The van der Waals surface area contributed by atoms with Crippen molar-refractivity contribution in [2.24, 2.45) is 0 Å². The van der Waals surface area contributed by atoms with E-state index in [1.54, 1.807) is 0 Å². The zero-order valence-corrected chi connectivity index (χ0v) is 38.8. The van der Waals surface area contributed by atoms with E-state index in [0.717, 1.165) is 77.0 Å². The van der Waals surface area contributed by atoms with Crippen molar-refractivity contribution in [1.82, 2.24) is 0 Å². The first kappa shape index (κ1) is 57.6. The highest BCUT2D eigenvalue weighted by Gasteiger charge is 2.47. The summed E-state index contributed by atoms with van der Waals surface area (Å²) in [4.78, 5) is 25.7. The van der Waals surface area contributed by atoms with E-state index in [9.17, 15) is 45.3 Å². The fraction of sp³-hybridized carbons (Fsp3) is 0.796. The second-order valence-corrected chi connectivity index (χ2v) is 16.9. The van der Waals surface area contributed by atoms with E-state index >= 15 is 0 Å².